The van der Waals surface area contributed by atoms with E-state index in [2.05, 4.69) is 191 Å². The van der Waals surface area contributed by atoms with Crippen LogP contribution in [0.15, 0.2) is 191 Å². The molecule has 0 atom stereocenters. The molecule has 0 spiro atoms. The number of aromatic nitrogens is 2. The zero-order chi connectivity index (χ0) is 35.3. The quantitative estimate of drug-likeness (QED) is 0.184. The van der Waals surface area contributed by atoms with E-state index in [0.717, 1.165) is 61.0 Å². The summed E-state index contributed by atoms with van der Waals surface area (Å²) >= 11 is 0. The number of rotatable bonds is 4. The molecule has 0 aliphatic rings. The molecule has 0 fully saturated rings. The van der Waals surface area contributed by atoms with Gasteiger partial charge in [0, 0.05) is 43.7 Å². The van der Waals surface area contributed by atoms with Crippen LogP contribution in [0, 0.1) is 0 Å². The first kappa shape index (κ1) is 29.3. The number of nitrogens with zero attached hydrogens (tertiary/aromatic N) is 2. The van der Waals surface area contributed by atoms with Crippen LogP contribution in [0.5, 0.6) is 0 Å². The molecule has 252 valence electrons. The molecule has 0 N–H and O–H groups in total. The third kappa shape index (κ3) is 4.19. The van der Waals surface area contributed by atoms with Crippen molar-refractivity contribution in [2.45, 2.75) is 0 Å². The number of hydrogen-bond donors (Lipinski definition) is 0. The summed E-state index contributed by atoms with van der Waals surface area (Å²) in [5.74, 6) is 0.553. The summed E-state index contributed by atoms with van der Waals surface area (Å²) in [6.07, 6.45) is 0. The summed E-state index contributed by atoms with van der Waals surface area (Å²) in [6.45, 7) is 0. The van der Waals surface area contributed by atoms with Gasteiger partial charge in [0.05, 0.1) is 27.5 Å². The van der Waals surface area contributed by atoms with Crippen LogP contribution in [0.1, 0.15) is 0 Å². The van der Waals surface area contributed by atoms with Crippen LogP contribution in [0.4, 0.5) is 0 Å². The molecule has 0 aliphatic carbocycles. The normalized spacial score (nSPS) is 12.1. The average Bonchev–Trinajstić information content (AvgIpc) is 3.97. The molecule has 0 aliphatic heterocycles. The first-order valence-corrected chi connectivity index (χ1v) is 18.3. The van der Waals surface area contributed by atoms with Crippen LogP contribution in [-0.2, 0) is 0 Å². The van der Waals surface area contributed by atoms with Gasteiger partial charge in [0.2, 0.25) is 0 Å². The molecule has 4 heterocycles. The van der Waals surface area contributed by atoms with Crippen LogP contribution >= 0.6 is 0 Å². The lowest BCUT2D eigenvalue weighted by Crippen LogP contribution is -1.92. The molecule has 0 saturated heterocycles. The smallest absolute Gasteiger partial charge is 0.299 e. The lowest BCUT2D eigenvalue weighted by atomic mass is 10.00. The van der Waals surface area contributed by atoms with Crippen LogP contribution < -0.4 is 0 Å². The van der Waals surface area contributed by atoms with Crippen molar-refractivity contribution in [3.8, 4) is 33.6 Å². The molecular formula is C50H30N2O2. The van der Waals surface area contributed by atoms with Gasteiger partial charge in [-0.3, -0.25) is 0 Å². The largest absolute Gasteiger partial charge is 0.425 e. The monoisotopic (exact) mass is 690 g/mol. The summed E-state index contributed by atoms with van der Waals surface area (Å²) in [4.78, 5) is 0. The third-order valence-electron chi connectivity index (χ3n) is 11.2. The van der Waals surface area contributed by atoms with Gasteiger partial charge in [-0.15, -0.1) is 0 Å². The Balaban J connectivity index is 0.940. The predicted molar refractivity (Wildman–Crippen MR) is 223 cm³/mol. The molecule has 0 unspecified atom stereocenters. The van der Waals surface area contributed by atoms with E-state index < -0.39 is 0 Å². The second-order valence-electron chi connectivity index (χ2n) is 14.1. The van der Waals surface area contributed by atoms with Gasteiger partial charge in [0.25, 0.3) is 5.78 Å². The van der Waals surface area contributed by atoms with Gasteiger partial charge in [-0.25, -0.2) is 0 Å². The molecule has 12 aromatic rings. The Morgan fingerprint density at radius 1 is 0.296 bits per heavy atom. The molecule has 4 aromatic heterocycles. The van der Waals surface area contributed by atoms with Crippen LogP contribution in [0.2, 0.25) is 0 Å². The Morgan fingerprint density at radius 2 is 0.685 bits per heavy atom. The highest BCUT2D eigenvalue weighted by atomic mass is 16.5. The predicted octanol–water partition coefficient (Wildman–Crippen LogP) is 13.9. The molecule has 4 nitrogen and oxygen atoms in total. The fraction of sp³-hybridized carbons (Fsp3) is 0. The Hall–Kier alpha value is -7.30. The summed E-state index contributed by atoms with van der Waals surface area (Å²) in [5, 5.41) is 8.04. The Morgan fingerprint density at radius 3 is 1.17 bits per heavy atom. The minimum absolute atomic E-state index is 0.553. The van der Waals surface area contributed by atoms with E-state index in [4.69, 9.17) is 8.83 Å². The minimum atomic E-state index is 0.553. The van der Waals surface area contributed by atoms with Crippen molar-refractivity contribution in [3.05, 3.63) is 182 Å². The maximum Gasteiger partial charge on any atom is 0.299 e. The zero-order valence-electron chi connectivity index (χ0n) is 29.0. The van der Waals surface area contributed by atoms with Gasteiger partial charge >= 0.3 is 0 Å². The Bertz CT molecular complexity index is 3210. The highest BCUT2D eigenvalue weighted by Crippen LogP contribution is 2.42. The zero-order valence-corrected chi connectivity index (χ0v) is 29.0. The second-order valence-corrected chi connectivity index (χ2v) is 14.1. The van der Waals surface area contributed by atoms with Crippen molar-refractivity contribution >= 4 is 76.7 Å². The van der Waals surface area contributed by atoms with E-state index in [9.17, 15) is 0 Å². The van der Waals surface area contributed by atoms with Crippen molar-refractivity contribution in [1.82, 2.24) is 9.13 Å². The van der Waals surface area contributed by atoms with E-state index in [1.54, 1.807) is 0 Å². The fourth-order valence-corrected chi connectivity index (χ4v) is 8.69. The van der Waals surface area contributed by atoms with Crippen LogP contribution in [0.3, 0.4) is 0 Å². The molecule has 4 heteroatoms. The molecule has 0 radical (unpaired) electrons. The van der Waals surface area contributed by atoms with Crippen molar-refractivity contribution < 1.29 is 8.83 Å². The van der Waals surface area contributed by atoms with E-state index in [1.165, 1.54) is 43.6 Å². The van der Waals surface area contributed by atoms with Crippen molar-refractivity contribution in [2.24, 2.45) is 0 Å². The summed E-state index contributed by atoms with van der Waals surface area (Å²) in [6, 6.07) is 64.9. The minimum Gasteiger partial charge on any atom is -0.425 e. The number of benzene rings is 8. The van der Waals surface area contributed by atoms with E-state index in [0.29, 0.717) is 5.78 Å². The molecule has 0 saturated carbocycles. The van der Waals surface area contributed by atoms with Gasteiger partial charge in [-0.05, 0) is 107 Å². The van der Waals surface area contributed by atoms with Crippen molar-refractivity contribution in [2.75, 3.05) is 0 Å². The van der Waals surface area contributed by atoms with Gasteiger partial charge in [0.15, 0.2) is 0 Å². The maximum atomic E-state index is 6.44. The van der Waals surface area contributed by atoms with Crippen molar-refractivity contribution in [1.29, 1.82) is 0 Å². The Labute approximate surface area is 309 Å². The van der Waals surface area contributed by atoms with Crippen molar-refractivity contribution in [3.63, 3.8) is 0 Å². The molecule has 12 rings (SSSR count). The van der Waals surface area contributed by atoms with E-state index in [1.807, 2.05) is 0 Å². The number of para-hydroxylation sites is 4. The molecular weight excluding hydrogens is 661 g/mol. The van der Waals surface area contributed by atoms with E-state index >= 15 is 0 Å². The summed E-state index contributed by atoms with van der Waals surface area (Å²) in [7, 11) is 0. The standard InChI is InChI=1S/C50H30N2O2/c1-3-11-35(12-4-1)51-43-17-9-7-15-37(43)41-27-31(21-25-45(41)51)33-19-23-39-47(29-33)53-50-49(39)40-24-20-34(30-48(40)54-50)32-22-26-46-42(28-32)38-16-8-10-18-44(38)52(46)36-13-5-2-6-14-36/h1-30H. The SMILES string of the molecule is c1ccc(-n2c3ccccc3c3cc(-c4ccc5c(c4)oc4oc6cc(-c7ccc8c(c7)c7ccccc7n8-c7ccccc7)ccc6c45)ccc32)cc1. The number of fused-ring (bicyclic) bond motifs is 11. The lowest BCUT2D eigenvalue weighted by molar-refractivity contribution is 0.524. The number of furan rings is 2. The van der Waals surface area contributed by atoms with Gasteiger partial charge in [-0.1, -0.05) is 97.1 Å². The topological polar surface area (TPSA) is 36.1 Å². The first-order valence-electron chi connectivity index (χ1n) is 18.3. The number of hydrogen-bond acceptors (Lipinski definition) is 2. The van der Waals surface area contributed by atoms with Crippen LogP contribution in [0.25, 0.3) is 110 Å². The summed E-state index contributed by atoms with van der Waals surface area (Å²) < 4.78 is 17.6. The first-order chi connectivity index (χ1) is 26.8. The second kappa shape index (κ2) is 11.1. The highest BCUT2D eigenvalue weighted by molar-refractivity contribution is 6.18. The lowest BCUT2D eigenvalue weighted by Gasteiger charge is -2.08. The molecule has 0 amide bonds. The highest BCUT2D eigenvalue weighted by Gasteiger charge is 2.19. The van der Waals surface area contributed by atoms with Gasteiger partial charge in [-0.2, -0.15) is 0 Å². The van der Waals surface area contributed by atoms with E-state index in [-0.39, 0.29) is 0 Å². The Kier molecular flexibility index (Phi) is 6.02. The fourth-order valence-electron chi connectivity index (χ4n) is 8.69. The average molecular weight is 691 g/mol. The molecule has 0 bridgehead atoms. The third-order valence-corrected chi connectivity index (χ3v) is 11.2. The van der Waals surface area contributed by atoms with Gasteiger partial charge < -0.3 is 18.0 Å². The maximum absolute atomic E-state index is 6.44. The molecule has 54 heavy (non-hydrogen) atoms. The van der Waals surface area contributed by atoms with Crippen LogP contribution in [-0.4, -0.2) is 9.13 Å². The summed E-state index contributed by atoms with van der Waals surface area (Å²) in [5.41, 5.74) is 13.2. The molecule has 8 aromatic carbocycles. The van der Waals surface area contributed by atoms with Gasteiger partial charge in [0.1, 0.15) is 11.2 Å².